The highest BCUT2D eigenvalue weighted by Crippen LogP contribution is 2.31. The second-order valence-corrected chi connectivity index (χ2v) is 3.88. The molecule has 0 saturated carbocycles. The first-order valence-corrected chi connectivity index (χ1v) is 5.52. The minimum atomic E-state index is -3.16. The van der Waals surface area contributed by atoms with Gasteiger partial charge >= 0.3 is 6.61 Å². The van der Waals surface area contributed by atoms with Crippen LogP contribution in [0, 0.1) is 11.6 Å². The number of ether oxygens (including phenoxy) is 1. The molecule has 3 N–H and O–H groups in total. The van der Waals surface area contributed by atoms with Crippen molar-refractivity contribution in [2.75, 3.05) is 11.1 Å². The van der Waals surface area contributed by atoms with E-state index in [0.717, 1.165) is 12.1 Å². The summed E-state index contributed by atoms with van der Waals surface area (Å²) in [6, 6.07) is 7.25. The molecule has 0 aromatic heterocycles. The third-order valence-corrected chi connectivity index (χ3v) is 2.42. The lowest BCUT2D eigenvalue weighted by atomic mass is 10.2. The summed E-state index contributed by atoms with van der Waals surface area (Å²) in [5, 5.41) is 2.70. The number of alkyl halides is 2. The number of halogens is 4. The molecule has 3 nitrogen and oxygen atoms in total. The Morgan fingerprint density at radius 3 is 2.50 bits per heavy atom. The zero-order valence-electron chi connectivity index (χ0n) is 10.0. The molecular weight excluding hydrogens is 276 g/mol. The molecule has 0 saturated heterocycles. The highest BCUT2D eigenvalue weighted by Gasteiger charge is 2.13. The molecule has 2 aromatic carbocycles. The van der Waals surface area contributed by atoms with Crippen LogP contribution in [0.5, 0.6) is 5.75 Å². The van der Waals surface area contributed by atoms with Crippen LogP contribution >= 0.6 is 0 Å². The van der Waals surface area contributed by atoms with Crippen LogP contribution in [-0.2, 0) is 0 Å². The van der Waals surface area contributed by atoms with Gasteiger partial charge in [-0.25, -0.2) is 8.78 Å². The monoisotopic (exact) mass is 286 g/mol. The van der Waals surface area contributed by atoms with Crippen molar-refractivity contribution in [2.24, 2.45) is 0 Å². The Hall–Kier alpha value is -2.44. The molecule has 0 heterocycles. The summed E-state index contributed by atoms with van der Waals surface area (Å²) in [7, 11) is 0. The molecule has 0 fully saturated rings. The summed E-state index contributed by atoms with van der Waals surface area (Å²) in [6.45, 7) is -3.16. The van der Waals surface area contributed by atoms with E-state index < -0.39 is 24.0 Å². The van der Waals surface area contributed by atoms with Crippen molar-refractivity contribution in [1.82, 2.24) is 0 Å². The number of nitrogens with two attached hydrogens (primary N) is 1. The predicted molar refractivity (Wildman–Crippen MR) is 67.1 cm³/mol. The maximum Gasteiger partial charge on any atom is 0.387 e. The Balaban J connectivity index is 2.31. The van der Waals surface area contributed by atoms with Crippen LogP contribution in [0.25, 0.3) is 0 Å². The molecule has 7 heteroatoms. The van der Waals surface area contributed by atoms with Crippen molar-refractivity contribution >= 4 is 17.1 Å². The molecule has 0 amide bonds. The summed E-state index contributed by atoms with van der Waals surface area (Å²) >= 11 is 0. The average molecular weight is 286 g/mol. The Morgan fingerprint density at radius 2 is 1.85 bits per heavy atom. The van der Waals surface area contributed by atoms with Gasteiger partial charge in [-0.1, -0.05) is 6.07 Å². The summed E-state index contributed by atoms with van der Waals surface area (Å²) in [6.07, 6.45) is 0. The van der Waals surface area contributed by atoms with Crippen molar-refractivity contribution in [1.29, 1.82) is 0 Å². The van der Waals surface area contributed by atoms with Crippen LogP contribution in [0.1, 0.15) is 0 Å². The molecule has 2 rings (SSSR count). The van der Waals surface area contributed by atoms with Gasteiger partial charge in [0.25, 0.3) is 0 Å². The Labute approximate surface area is 112 Å². The summed E-state index contributed by atoms with van der Waals surface area (Å²) in [5.74, 6) is -2.14. The van der Waals surface area contributed by atoms with Crippen molar-refractivity contribution in [3.8, 4) is 5.75 Å². The van der Waals surface area contributed by atoms with E-state index in [4.69, 9.17) is 5.73 Å². The Morgan fingerprint density at radius 1 is 1.10 bits per heavy atom. The largest absolute Gasteiger partial charge is 0.432 e. The third-order valence-electron chi connectivity index (χ3n) is 2.42. The van der Waals surface area contributed by atoms with Crippen molar-refractivity contribution < 1.29 is 22.3 Å². The standard InChI is InChI=1S/C13H10F4N2O/c14-7-2-1-3-8(4-7)19-11-6-12(20-13(16)17)9(15)5-10(11)18/h1-6,13,19H,18H2. The molecule has 20 heavy (non-hydrogen) atoms. The van der Waals surface area contributed by atoms with Crippen LogP contribution in [-0.4, -0.2) is 6.61 Å². The summed E-state index contributed by atoms with van der Waals surface area (Å²) < 4.78 is 54.7. The summed E-state index contributed by atoms with van der Waals surface area (Å²) in [4.78, 5) is 0. The predicted octanol–water partition coefficient (Wildman–Crippen LogP) is 3.89. The van der Waals surface area contributed by atoms with E-state index in [-0.39, 0.29) is 11.4 Å². The normalized spacial score (nSPS) is 10.7. The van der Waals surface area contributed by atoms with Crippen molar-refractivity contribution in [3.05, 3.63) is 48.0 Å². The van der Waals surface area contributed by atoms with Gasteiger partial charge in [0, 0.05) is 17.8 Å². The van der Waals surface area contributed by atoms with Crippen molar-refractivity contribution in [2.45, 2.75) is 6.61 Å². The highest BCUT2D eigenvalue weighted by atomic mass is 19.3. The van der Waals surface area contributed by atoms with Gasteiger partial charge in [-0.15, -0.1) is 0 Å². The van der Waals surface area contributed by atoms with Crippen LogP contribution in [0.15, 0.2) is 36.4 Å². The quantitative estimate of drug-likeness (QED) is 0.662. The lowest BCUT2D eigenvalue weighted by Crippen LogP contribution is -2.05. The first-order valence-electron chi connectivity index (χ1n) is 5.52. The summed E-state index contributed by atoms with van der Waals surface area (Å²) in [5.41, 5.74) is 6.02. The van der Waals surface area contributed by atoms with Crippen LogP contribution in [0.2, 0.25) is 0 Å². The van der Waals surface area contributed by atoms with E-state index in [2.05, 4.69) is 10.1 Å². The number of rotatable bonds is 4. The first-order chi connectivity index (χ1) is 9.45. The van der Waals surface area contributed by atoms with Crippen molar-refractivity contribution in [3.63, 3.8) is 0 Å². The second kappa shape index (κ2) is 5.68. The lowest BCUT2D eigenvalue weighted by Gasteiger charge is -2.13. The molecule has 0 aliphatic rings. The van der Waals surface area contributed by atoms with Crippen LogP contribution in [0.3, 0.4) is 0 Å². The van der Waals surface area contributed by atoms with Gasteiger partial charge in [-0.3, -0.25) is 0 Å². The SMILES string of the molecule is Nc1cc(F)c(OC(F)F)cc1Nc1cccc(F)c1. The number of hydrogen-bond donors (Lipinski definition) is 2. The smallest absolute Gasteiger partial charge is 0.387 e. The molecule has 0 radical (unpaired) electrons. The maximum absolute atomic E-state index is 13.4. The lowest BCUT2D eigenvalue weighted by molar-refractivity contribution is -0.0521. The van der Waals surface area contributed by atoms with Gasteiger partial charge in [0.15, 0.2) is 11.6 Å². The number of nitrogen functional groups attached to an aromatic ring is 1. The molecule has 2 aromatic rings. The fraction of sp³-hybridized carbons (Fsp3) is 0.0769. The van der Waals surface area contributed by atoms with Gasteiger partial charge in [-0.2, -0.15) is 8.78 Å². The minimum absolute atomic E-state index is 0.0200. The zero-order chi connectivity index (χ0) is 14.7. The topological polar surface area (TPSA) is 47.3 Å². The van der Waals surface area contributed by atoms with E-state index >= 15 is 0 Å². The fourth-order valence-electron chi connectivity index (χ4n) is 1.59. The second-order valence-electron chi connectivity index (χ2n) is 3.88. The van der Waals surface area contributed by atoms with Gasteiger partial charge < -0.3 is 15.8 Å². The van der Waals surface area contributed by atoms with Gasteiger partial charge in [0.05, 0.1) is 11.4 Å². The molecule has 0 aliphatic carbocycles. The van der Waals surface area contributed by atoms with E-state index in [1.54, 1.807) is 6.07 Å². The molecule has 0 aliphatic heterocycles. The maximum atomic E-state index is 13.4. The van der Waals surface area contributed by atoms with Gasteiger partial charge in [0.2, 0.25) is 0 Å². The number of nitrogens with one attached hydrogen (secondary N) is 1. The van der Waals surface area contributed by atoms with Crippen LogP contribution < -0.4 is 15.8 Å². The first kappa shape index (κ1) is 14.0. The number of anilines is 3. The number of benzene rings is 2. The van der Waals surface area contributed by atoms with Gasteiger partial charge in [0.1, 0.15) is 5.82 Å². The van der Waals surface area contributed by atoms with E-state index in [9.17, 15) is 17.6 Å². The van der Waals surface area contributed by atoms with Crippen LogP contribution in [0.4, 0.5) is 34.6 Å². The van der Waals surface area contributed by atoms with E-state index in [1.807, 2.05) is 0 Å². The molecule has 0 atom stereocenters. The Kier molecular flexibility index (Phi) is 3.97. The zero-order valence-corrected chi connectivity index (χ0v) is 10.0. The molecule has 106 valence electrons. The molecule has 0 spiro atoms. The Bertz CT molecular complexity index is 619. The molecular formula is C13H10F4N2O. The highest BCUT2D eigenvalue weighted by molar-refractivity contribution is 5.74. The number of hydrogen-bond acceptors (Lipinski definition) is 3. The van der Waals surface area contributed by atoms with Gasteiger partial charge in [-0.05, 0) is 18.2 Å². The average Bonchev–Trinajstić information content (AvgIpc) is 2.34. The molecule has 0 unspecified atom stereocenters. The molecule has 0 bridgehead atoms. The fourth-order valence-corrected chi connectivity index (χ4v) is 1.59. The third kappa shape index (κ3) is 3.31. The van der Waals surface area contributed by atoms with E-state index in [0.29, 0.717) is 5.69 Å². The van der Waals surface area contributed by atoms with E-state index in [1.165, 1.54) is 18.2 Å². The minimum Gasteiger partial charge on any atom is -0.432 e.